The Hall–Kier alpha value is -1.27. The Kier molecular flexibility index (Phi) is 7.11. The molecule has 0 saturated carbocycles. The van der Waals surface area contributed by atoms with Gasteiger partial charge >= 0.3 is 0 Å². The van der Waals surface area contributed by atoms with Gasteiger partial charge in [-0.05, 0) is 79.6 Å². The first-order chi connectivity index (χ1) is 15.2. The average Bonchev–Trinajstić information content (AvgIpc) is 3.26. The maximum absolute atomic E-state index is 9.86. The van der Waals surface area contributed by atoms with E-state index in [4.69, 9.17) is 10.1 Å². The van der Waals surface area contributed by atoms with Crippen LogP contribution in [0.4, 0.5) is 0 Å². The summed E-state index contributed by atoms with van der Waals surface area (Å²) in [6.07, 6.45) is 5.59. The van der Waals surface area contributed by atoms with Gasteiger partial charge in [0.25, 0.3) is 0 Å². The molecule has 2 heterocycles. The van der Waals surface area contributed by atoms with Gasteiger partial charge in [0.1, 0.15) is 0 Å². The molecule has 2 aliphatic rings. The fourth-order valence-corrected chi connectivity index (χ4v) is 6.38. The number of likely N-dealkylation sites (tertiary alicyclic amines) is 1. The van der Waals surface area contributed by atoms with Crippen molar-refractivity contribution in [2.45, 2.75) is 89.1 Å². The van der Waals surface area contributed by atoms with Crippen molar-refractivity contribution in [3.8, 4) is 11.3 Å². The van der Waals surface area contributed by atoms with Gasteiger partial charge < -0.3 is 15.1 Å². The summed E-state index contributed by atoms with van der Waals surface area (Å²) in [5, 5.41) is 22.3. The summed E-state index contributed by atoms with van der Waals surface area (Å²) in [4.78, 5) is 7.54. The lowest BCUT2D eigenvalue weighted by atomic mass is 9.63. The Morgan fingerprint density at radius 2 is 1.75 bits per heavy atom. The van der Waals surface area contributed by atoms with Gasteiger partial charge in [-0.25, -0.2) is 4.98 Å². The maximum Gasteiger partial charge on any atom is 0.0964 e. The van der Waals surface area contributed by atoms with Crippen LogP contribution in [0.3, 0.4) is 0 Å². The van der Waals surface area contributed by atoms with E-state index in [0.29, 0.717) is 12.3 Å². The second-order valence-corrected chi connectivity index (χ2v) is 12.1. The van der Waals surface area contributed by atoms with E-state index in [2.05, 4.69) is 56.2 Å². The first-order valence-corrected chi connectivity index (χ1v) is 13.2. The number of rotatable bonds is 7. The van der Waals surface area contributed by atoms with Crippen LogP contribution in [-0.4, -0.2) is 52.4 Å². The Morgan fingerprint density at radius 3 is 2.44 bits per heavy atom. The van der Waals surface area contributed by atoms with E-state index >= 15 is 0 Å². The second kappa shape index (κ2) is 9.54. The average molecular weight is 457 g/mol. The minimum absolute atomic E-state index is 0.0646. The highest BCUT2D eigenvalue weighted by Gasteiger charge is 2.37. The fraction of sp³-hybridized carbons (Fsp3) is 0.667. The summed E-state index contributed by atoms with van der Waals surface area (Å²) >= 11 is 1.82. The molecular weight excluding hydrogens is 416 g/mol. The van der Waals surface area contributed by atoms with Crippen molar-refractivity contribution in [1.29, 1.82) is 0 Å². The van der Waals surface area contributed by atoms with Crippen molar-refractivity contribution in [2.75, 3.05) is 26.2 Å². The van der Waals surface area contributed by atoms with Crippen LogP contribution in [0.1, 0.15) is 88.3 Å². The number of thiazole rings is 1. The number of fused-ring (bicyclic) bond motifs is 1. The third kappa shape index (κ3) is 5.11. The number of hydrogen-bond acceptors (Lipinski definition) is 5. The van der Waals surface area contributed by atoms with Gasteiger partial charge in [-0.2, -0.15) is 0 Å². The van der Waals surface area contributed by atoms with Crippen LogP contribution >= 0.6 is 11.3 Å². The summed E-state index contributed by atoms with van der Waals surface area (Å²) in [5.41, 5.74) is 5.85. The molecule has 4 nitrogen and oxygen atoms in total. The number of piperidine rings is 1. The van der Waals surface area contributed by atoms with Gasteiger partial charge in [0.15, 0.2) is 0 Å². The zero-order valence-corrected chi connectivity index (χ0v) is 21.0. The first-order valence-electron chi connectivity index (χ1n) is 12.3. The van der Waals surface area contributed by atoms with E-state index in [9.17, 15) is 5.11 Å². The lowest BCUT2D eigenvalue weighted by Crippen LogP contribution is -2.35. The molecule has 2 aromatic rings. The van der Waals surface area contributed by atoms with E-state index in [1.807, 2.05) is 11.3 Å². The molecule has 1 aliphatic carbocycles. The Labute approximate surface area is 197 Å². The smallest absolute Gasteiger partial charge is 0.0964 e. The molecule has 5 heteroatoms. The van der Waals surface area contributed by atoms with Gasteiger partial charge in [-0.3, -0.25) is 0 Å². The molecule has 1 aromatic carbocycles. The molecule has 1 unspecified atom stereocenters. The van der Waals surface area contributed by atoms with E-state index in [1.165, 1.54) is 34.5 Å². The summed E-state index contributed by atoms with van der Waals surface area (Å²) in [6.45, 7) is 12.6. The van der Waals surface area contributed by atoms with Gasteiger partial charge in [0.2, 0.25) is 0 Å². The largest absolute Gasteiger partial charge is 0.396 e. The predicted octanol–water partition coefficient (Wildman–Crippen LogP) is 5.47. The van der Waals surface area contributed by atoms with E-state index in [0.717, 1.165) is 44.6 Å². The molecule has 1 fully saturated rings. The van der Waals surface area contributed by atoms with Crippen molar-refractivity contribution in [3.05, 3.63) is 39.7 Å². The van der Waals surface area contributed by atoms with Gasteiger partial charge in [-0.1, -0.05) is 39.8 Å². The lowest BCUT2D eigenvalue weighted by Gasteiger charge is -2.42. The van der Waals surface area contributed by atoms with Gasteiger partial charge in [0.05, 0.1) is 16.8 Å². The molecule has 32 heavy (non-hydrogen) atoms. The quantitative estimate of drug-likeness (QED) is 0.580. The zero-order valence-electron chi connectivity index (χ0n) is 20.2. The number of hydrogen-bond donors (Lipinski definition) is 2. The normalized spacial score (nSPS) is 21.9. The highest BCUT2D eigenvalue weighted by Crippen LogP contribution is 2.47. The summed E-state index contributed by atoms with van der Waals surface area (Å²) in [6, 6.07) is 7.05. The molecular formula is C27H40N2O2S. The van der Waals surface area contributed by atoms with Crippen molar-refractivity contribution in [3.63, 3.8) is 0 Å². The summed E-state index contributed by atoms with van der Waals surface area (Å²) < 4.78 is 0. The molecule has 1 aromatic heterocycles. The van der Waals surface area contributed by atoms with E-state index in [-0.39, 0.29) is 23.5 Å². The zero-order chi connectivity index (χ0) is 22.9. The molecule has 0 radical (unpaired) electrons. The van der Waals surface area contributed by atoms with Crippen molar-refractivity contribution < 1.29 is 10.2 Å². The monoisotopic (exact) mass is 456 g/mol. The predicted molar refractivity (Wildman–Crippen MR) is 134 cm³/mol. The molecule has 0 bridgehead atoms. The molecule has 0 amide bonds. The highest BCUT2D eigenvalue weighted by molar-refractivity contribution is 7.10. The fourth-order valence-electron chi connectivity index (χ4n) is 5.38. The number of nitrogens with zero attached hydrogens (tertiary/aromatic N) is 2. The third-order valence-corrected chi connectivity index (χ3v) is 8.86. The van der Waals surface area contributed by atoms with Crippen LogP contribution in [0, 0.1) is 0 Å². The molecule has 1 saturated heterocycles. The maximum atomic E-state index is 9.86. The summed E-state index contributed by atoms with van der Waals surface area (Å²) in [5.74, 6) is 0.542. The van der Waals surface area contributed by atoms with Crippen LogP contribution in [-0.2, 0) is 10.8 Å². The van der Waals surface area contributed by atoms with Crippen LogP contribution in [0.5, 0.6) is 0 Å². The number of aliphatic hydroxyl groups excluding tert-OH is 2. The Bertz CT molecular complexity index is 912. The van der Waals surface area contributed by atoms with Gasteiger partial charge in [-0.15, -0.1) is 11.3 Å². The first kappa shape index (κ1) is 23.9. The number of aromatic nitrogens is 1. The molecule has 0 spiro atoms. The van der Waals surface area contributed by atoms with Crippen LogP contribution in [0.15, 0.2) is 23.6 Å². The Balaban J connectivity index is 1.42. The topological polar surface area (TPSA) is 56.6 Å². The lowest BCUT2D eigenvalue weighted by molar-refractivity contribution is 0.103. The third-order valence-electron chi connectivity index (χ3n) is 7.85. The minimum Gasteiger partial charge on any atom is -0.396 e. The molecule has 1 atom stereocenters. The van der Waals surface area contributed by atoms with Crippen LogP contribution in [0.2, 0.25) is 0 Å². The van der Waals surface area contributed by atoms with Crippen molar-refractivity contribution in [2.24, 2.45) is 0 Å². The summed E-state index contributed by atoms with van der Waals surface area (Å²) in [7, 11) is 0. The highest BCUT2D eigenvalue weighted by atomic mass is 32.1. The van der Waals surface area contributed by atoms with Gasteiger partial charge in [0, 0.05) is 30.0 Å². The van der Waals surface area contributed by atoms with E-state index in [1.54, 1.807) is 0 Å². The molecule has 4 rings (SSSR count). The van der Waals surface area contributed by atoms with E-state index < -0.39 is 0 Å². The Morgan fingerprint density at radius 1 is 1.06 bits per heavy atom. The second-order valence-electron chi connectivity index (χ2n) is 11.2. The van der Waals surface area contributed by atoms with Crippen LogP contribution < -0.4 is 0 Å². The van der Waals surface area contributed by atoms with Crippen LogP contribution in [0.25, 0.3) is 11.3 Å². The molecule has 176 valence electrons. The SMILES string of the molecule is CC1(C)CCC(C)(C)c2cc(-c3csc(C4CCN(CCC(O)CCO)CC4)n3)ccc21. The minimum atomic E-state index is -0.383. The molecule has 1 aliphatic heterocycles. The number of aliphatic hydroxyl groups is 2. The van der Waals surface area contributed by atoms with Crippen molar-refractivity contribution in [1.82, 2.24) is 9.88 Å². The molecule has 2 N–H and O–H groups in total. The number of benzene rings is 1. The van der Waals surface area contributed by atoms with Crippen molar-refractivity contribution >= 4 is 11.3 Å². The standard InChI is InChI=1S/C27H40N2O2S/c1-26(2)11-12-27(3,4)23-17-20(5-6-22(23)26)24-18-32-25(28-24)19-7-13-29(14-8-19)15-9-21(31)10-16-30/h5-6,17-19,21,30-31H,7-16H2,1-4H3.